The second-order valence-electron chi connectivity index (χ2n) is 5.03. The lowest BCUT2D eigenvalue weighted by atomic mass is 10.0. The summed E-state index contributed by atoms with van der Waals surface area (Å²) in [4.78, 5) is 4.55. The SMILES string of the molecule is CC1(C)CCSC(Nc2ccc(OC(F)(F)F)cc2)=N1. The molecule has 0 aliphatic carbocycles. The van der Waals surface area contributed by atoms with Gasteiger partial charge in [-0.1, -0.05) is 11.8 Å². The van der Waals surface area contributed by atoms with Crippen molar-refractivity contribution in [3.63, 3.8) is 0 Å². The minimum absolute atomic E-state index is 0.104. The van der Waals surface area contributed by atoms with Crippen LogP contribution >= 0.6 is 11.8 Å². The van der Waals surface area contributed by atoms with Gasteiger partial charge in [-0.25, -0.2) is 0 Å². The van der Waals surface area contributed by atoms with E-state index in [4.69, 9.17) is 0 Å². The number of aliphatic imine (C=N–C) groups is 1. The fourth-order valence-corrected chi connectivity index (χ4v) is 2.98. The highest BCUT2D eigenvalue weighted by Crippen LogP contribution is 2.28. The lowest BCUT2D eigenvalue weighted by molar-refractivity contribution is -0.274. The van der Waals surface area contributed by atoms with Crippen LogP contribution in [-0.2, 0) is 0 Å². The van der Waals surface area contributed by atoms with Crippen LogP contribution in [0.3, 0.4) is 0 Å². The summed E-state index contributed by atoms with van der Waals surface area (Å²) < 4.78 is 39.9. The number of nitrogens with zero attached hydrogens (tertiary/aromatic N) is 1. The number of anilines is 1. The first-order chi connectivity index (χ1) is 9.23. The van der Waals surface area contributed by atoms with Gasteiger partial charge in [-0.15, -0.1) is 13.2 Å². The molecule has 20 heavy (non-hydrogen) atoms. The van der Waals surface area contributed by atoms with Crippen LogP contribution in [0.15, 0.2) is 29.3 Å². The van der Waals surface area contributed by atoms with Gasteiger partial charge in [0.1, 0.15) is 5.75 Å². The Hall–Kier alpha value is -1.37. The highest BCUT2D eigenvalue weighted by molar-refractivity contribution is 8.14. The highest BCUT2D eigenvalue weighted by atomic mass is 32.2. The molecule has 1 heterocycles. The Morgan fingerprint density at radius 1 is 1.25 bits per heavy atom. The summed E-state index contributed by atoms with van der Waals surface area (Å²) in [5.41, 5.74) is 0.580. The van der Waals surface area contributed by atoms with Gasteiger partial charge in [0, 0.05) is 11.4 Å². The van der Waals surface area contributed by atoms with Gasteiger partial charge in [-0.05, 0) is 44.5 Å². The molecule has 3 nitrogen and oxygen atoms in total. The van der Waals surface area contributed by atoms with Gasteiger partial charge < -0.3 is 10.1 Å². The van der Waals surface area contributed by atoms with Crippen LogP contribution in [0.2, 0.25) is 0 Å². The van der Waals surface area contributed by atoms with Gasteiger partial charge in [-0.3, -0.25) is 4.99 Å². The molecule has 0 aromatic heterocycles. The molecule has 0 fully saturated rings. The number of ether oxygens (including phenoxy) is 1. The third-order valence-corrected chi connectivity index (χ3v) is 3.57. The van der Waals surface area contributed by atoms with E-state index in [9.17, 15) is 13.2 Å². The summed E-state index contributed by atoms with van der Waals surface area (Å²) in [5.74, 6) is 0.732. The smallest absolute Gasteiger partial charge is 0.406 e. The molecule has 0 amide bonds. The molecule has 2 rings (SSSR count). The standard InChI is InChI=1S/C13H15F3N2OS/c1-12(2)7-8-20-11(18-12)17-9-3-5-10(6-4-9)19-13(14,15)16/h3-6H,7-8H2,1-2H3,(H,17,18). The van der Waals surface area contributed by atoms with Crippen LogP contribution in [0.5, 0.6) is 5.75 Å². The van der Waals surface area contributed by atoms with E-state index in [0.29, 0.717) is 5.69 Å². The van der Waals surface area contributed by atoms with Crippen LogP contribution in [-0.4, -0.2) is 22.8 Å². The fourth-order valence-electron chi connectivity index (χ4n) is 1.69. The van der Waals surface area contributed by atoms with Crippen molar-refractivity contribution in [2.75, 3.05) is 11.1 Å². The maximum atomic E-state index is 12.0. The molecule has 0 spiro atoms. The summed E-state index contributed by atoms with van der Waals surface area (Å²) in [6, 6.07) is 5.61. The predicted octanol–water partition coefficient (Wildman–Crippen LogP) is 4.27. The third kappa shape index (κ3) is 4.63. The molecule has 110 valence electrons. The molecule has 1 N–H and O–H groups in total. The first kappa shape index (κ1) is 15.0. The number of rotatable bonds is 2. The number of hydrogen-bond acceptors (Lipinski definition) is 4. The van der Waals surface area contributed by atoms with Crippen molar-refractivity contribution in [2.45, 2.75) is 32.2 Å². The Kier molecular flexibility index (Phi) is 4.17. The van der Waals surface area contributed by atoms with Crippen molar-refractivity contribution in [1.29, 1.82) is 0 Å². The van der Waals surface area contributed by atoms with Gasteiger partial charge in [-0.2, -0.15) is 0 Å². The quantitative estimate of drug-likeness (QED) is 0.886. The van der Waals surface area contributed by atoms with E-state index >= 15 is 0 Å². The molecular weight excluding hydrogens is 289 g/mol. The Morgan fingerprint density at radius 2 is 1.90 bits per heavy atom. The number of benzene rings is 1. The summed E-state index contributed by atoms with van der Waals surface area (Å²) >= 11 is 1.60. The molecule has 0 radical (unpaired) electrons. The van der Waals surface area contributed by atoms with Crippen LogP contribution in [0.4, 0.5) is 18.9 Å². The number of thioether (sulfide) groups is 1. The topological polar surface area (TPSA) is 33.6 Å². The molecule has 1 aromatic carbocycles. The van der Waals surface area contributed by atoms with E-state index in [1.165, 1.54) is 24.3 Å². The lowest BCUT2D eigenvalue weighted by Gasteiger charge is -2.26. The molecule has 0 unspecified atom stereocenters. The number of alkyl halides is 3. The first-order valence-corrected chi connectivity index (χ1v) is 7.08. The highest BCUT2D eigenvalue weighted by Gasteiger charge is 2.31. The van der Waals surface area contributed by atoms with Crippen LogP contribution < -0.4 is 10.1 Å². The van der Waals surface area contributed by atoms with E-state index in [2.05, 4.69) is 28.9 Å². The van der Waals surface area contributed by atoms with Gasteiger partial charge in [0.25, 0.3) is 0 Å². The second kappa shape index (κ2) is 5.55. The summed E-state index contributed by atoms with van der Waals surface area (Å²) in [5, 5.41) is 3.89. The Balaban J connectivity index is 2.02. The van der Waals surface area contributed by atoms with Gasteiger partial charge in [0.2, 0.25) is 0 Å². The molecule has 0 atom stereocenters. The second-order valence-corrected chi connectivity index (χ2v) is 6.11. The molecule has 1 aliphatic rings. The Morgan fingerprint density at radius 3 is 2.45 bits per heavy atom. The van der Waals surface area contributed by atoms with E-state index in [0.717, 1.165) is 17.3 Å². The maximum absolute atomic E-state index is 12.0. The fraction of sp³-hybridized carbons (Fsp3) is 0.462. The zero-order chi connectivity index (χ0) is 14.8. The predicted molar refractivity (Wildman–Crippen MR) is 75.3 cm³/mol. The number of nitrogens with one attached hydrogen (secondary N) is 1. The molecule has 0 saturated heterocycles. The van der Waals surface area contributed by atoms with Crippen molar-refractivity contribution < 1.29 is 17.9 Å². The normalized spacial score (nSPS) is 18.4. The monoisotopic (exact) mass is 304 g/mol. The molecule has 0 saturated carbocycles. The average molecular weight is 304 g/mol. The maximum Gasteiger partial charge on any atom is 0.573 e. The molecule has 1 aliphatic heterocycles. The minimum atomic E-state index is -4.66. The van der Waals surface area contributed by atoms with Crippen LogP contribution in [0.1, 0.15) is 20.3 Å². The van der Waals surface area contributed by atoms with Crippen molar-refractivity contribution in [3.05, 3.63) is 24.3 Å². The van der Waals surface area contributed by atoms with Gasteiger partial charge >= 0.3 is 6.36 Å². The Labute approximate surface area is 119 Å². The molecule has 7 heteroatoms. The summed E-state index contributed by atoms with van der Waals surface area (Å²) in [6.07, 6.45) is -3.66. The summed E-state index contributed by atoms with van der Waals surface area (Å²) in [7, 11) is 0. The van der Waals surface area contributed by atoms with Crippen molar-refractivity contribution >= 4 is 22.6 Å². The Bertz CT molecular complexity index is 497. The van der Waals surface area contributed by atoms with Crippen molar-refractivity contribution in [2.24, 2.45) is 4.99 Å². The van der Waals surface area contributed by atoms with E-state index in [-0.39, 0.29) is 11.3 Å². The van der Waals surface area contributed by atoms with Crippen molar-refractivity contribution in [1.82, 2.24) is 0 Å². The average Bonchev–Trinajstić information content (AvgIpc) is 2.28. The first-order valence-electron chi connectivity index (χ1n) is 6.09. The molecule has 1 aromatic rings. The van der Waals surface area contributed by atoms with Crippen LogP contribution in [0, 0.1) is 0 Å². The lowest BCUT2D eigenvalue weighted by Crippen LogP contribution is -2.27. The van der Waals surface area contributed by atoms with Crippen LogP contribution in [0.25, 0.3) is 0 Å². The molecular formula is C13H15F3N2OS. The van der Waals surface area contributed by atoms with E-state index in [1.54, 1.807) is 11.8 Å². The van der Waals surface area contributed by atoms with Crippen molar-refractivity contribution in [3.8, 4) is 5.75 Å². The number of halogens is 3. The van der Waals surface area contributed by atoms with E-state index < -0.39 is 6.36 Å². The largest absolute Gasteiger partial charge is 0.573 e. The number of hydrogen-bond donors (Lipinski definition) is 1. The minimum Gasteiger partial charge on any atom is -0.406 e. The number of amidine groups is 1. The van der Waals surface area contributed by atoms with Gasteiger partial charge in [0.05, 0.1) is 5.54 Å². The zero-order valence-corrected chi connectivity index (χ0v) is 11.9. The zero-order valence-electron chi connectivity index (χ0n) is 11.1. The summed E-state index contributed by atoms with van der Waals surface area (Å²) in [6.45, 7) is 4.10. The third-order valence-electron chi connectivity index (χ3n) is 2.70. The molecule has 0 bridgehead atoms. The van der Waals surface area contributed by atoms with E-state index in [1.807, 2.05) is 0 Å². The van der Waals surface area contributed by atoms with Gasteiger partial charge in [0.15, 0.2) is 5.17 Å².